The quantitative estimate of drug-likeness (QED) is 0.804. The number of rotatable bonds is 3. The van der Waals surface area contributed by atoms with Crippen LogP contribution in [-0.4, -0.2) is 15.6 Å². The topological polar surface area (TPSA) is 34.9 Å². The van der Waals surface area contributed by atoms with Gasteiger partial charge in [0.2, 0.25) is 5.78 Å². The molecular formula is C12H9ClF2N2O. The van der Waals surface area contributed by atoms with Crippen molar-refractivity contribution in [3.63, 3.8) is 0 Å². The molecule has 0 saturated carbocycles. The van der Waals surface area contributed by atoms with Gasteiger partial charge in [-0.1, -0.05) is 17.7 Å². The second kappa shape index (κ2) is 4.86. The van der Waals surface area contributed by atoms with E-state index >= 15 is 0 Å². The van der Waals surface area contributed by atoms with Crippen LogP contribution in [0.2, 0.25) is 5.02 Å². The van der Waals surface area contributed by atoms with Gasteiger partial charge in [0.1, 0.15) is 5.69 Å². The molecule has 3 nitrogen and oxygen atoms in total. The number of carbonyl (C=O) groups excluding carboxylic acids is 1. The monoisotopic (exact) mass is 270 g/mol. The van der Waals surface area contributed by atoms with Gasteiger partial charge in [-0.3, -0.25) is 9.48 Å². The smallest absolute Gasteiger partial charge is 0.215 e. The van der Waals surface area contributed by atoms with E-state index in [1.54, 1.807) is 6.92 Å². The van der Waals surface area contributed by atoms with Crippen molar-refractivity contribution in [3.8, 4) is 0 Å². The minimum Gasteiger partial charge on any atom is -0.287 e. The lowest BCUT2D eigenvalue weighted by Gasteiger charge is -2.06. The van der Waals surface area contributed by atoms with E-state index in [9.17, 15) is 13.6 Å². The zero-order valence-corrected chi connectivity index (χ0v) is 10.2. The van der Waals surface area contributed by atoms with Gasteiger partial charge in [0.15, 0.2) is 11.6 Å². The molecule has 6 heteroatoms. The lowest BCUT2D eigenvalue weighted by Crippen LogP contribution is -2.13. The Hall–Kier alpha value is -1.75. The zero-order valence-electron chi connectivity index (χ0n) is 9.45. The van der Waals surface area contributed by atoms with E-state index in [0.29, 0.717) is 6.54 Å². The number of ketones is 1. The summed E-state index contributed by atoms with van der Waals surface area (Å²) in [5, 5.41) is 4.00. The van der Waals surface area contributed by atoms with Gasteiger partial charge in [0.05, 0.1) is 16.8 Å². The van der Waals surface area contributed by atoms with Gasteiger partial charge in [-0.15, -0.1) is 0 Å². The maximum Gasteiger partial charge on any atom is 0.215 e. The molecular weight excluding hydrogens is 262 g/mol. The summed E-state index contributed by atoms with van der Waals surface area (Å²) in [6.45, 7) is 2.17. The van der Waals surface area contributed by atoms with Crippen LogP contribution in [0.15, 0.2) is 24.4 Å². The lowest BCUT2D eigenvalue weighted by atomic mass is 10.1. The molecule has 0 aliphatic rings. The van der Waals surface area contributed by atoms with Crippen LogP contribution in [0.1, 0.15) is 23.0 Å². The van der Waals surface area contributed by atoms with Crippen molar-refractivity contribution in [1.82, 2.24) is 9.78 Å². The molecule has 94 valence electrons. The van der Waals surface area contributed by atoms with Crippen LogP contribution in [-0.2, 0) is 6.54 Å². The molecule has 0 aliphatic carbocycles. The van der Waals surface area contributed by atoms with Crippen LogP contribution in [0.3, 0.4) is 0 Å². The highest BCUT2D eigenvalue weighted by Gasteiger charge is 2.22. The van der Waals surface area contributed by atoms with Crippen molar-refractivity contribution < 1.29 is 13.6 Å². The van der Waals surface area contributed by atoms with Crippen LogP contribution in [0.4, 0.5) is 8.78 Å². The predicted molar refractivity (Wildman–Crippen MR) is 62.7 cm³/mol. The van der Waals surface area contributed by atoms with E-state index in [4.69, 9.17) is 11.6 Å². The standard InChI is InChI=1S/C12H9ClF2N2O/c1-2-17-11(8(13)6-16-17)12(18)7-4-3-5-9(14)10(7)15/h3-6H,2H2,1H3. The summed E-state index contributed by atoms with van der Waals surface area (Å²) in [6.07, 6.45) is 1.30. The first-order valence-corrected chi connectivity index (χ1v) is 5.64. The molecule has 1 heterocycles. The predicted octanol–water partition coefficient (Wildman–Crippen LogP) is 3.07. The lowest BCUT2D eigenvalue weighted by molar-refractivity contribution is 0.102. The number of carbonyl (C=O) groups is 1. The molecule has 0 unspecified atom stereocenters. The molecule has 0 saturated heterocycles. The Morgan fingerprint density at radius 2 is 2.17 bits per heavy atom. The van der Waals surface area contributed by atoms with Crippen molar-refractivity contribution in [2.75, 3.05) is 0 Å². The van der Waals surface area contributed by atoms with Gasteiger partial charge in [0, 0.05) is 6.54 Å². The highest BCUT2D eigenvalue weighted by atomic mass is 35.5. The molecule has 1 aromatic carbocycles. The Balaban J connectivity index is 2.55. The number of benzene rings is 1. The minimum absolute atomic E-state index is 0.0590. The fourth-order valence-electron chi connectivity index (χ4n) is 1.63. The van der Waals surface area contributed by atoms with Gasteiger partial charge in [0.25, 0.3) is 0 Å². The van der Waals surface area contributed by atoms with Crippen LogP contribution in [0.5, 0.6) is 0 Å². The first kappa shape index (κ1) is 12.7. The van der Waals surface area contributed by atoms with Crippen molar-refractivity contribution in [2.24, 2.45) is 0 Å². The van der Waals surface area contributed by atoms with Gasteiger partial charge < -0.3 is 0 Å². The molecule has 2 aromatic rings. The number of hydrogen-bond acceptors (Lipinski definition) is 2. The summed E-state index contributed by atoms with van der Waals surface area (Å²) >= 11 is 5.84. The zero-order chi connectivity index (χ0) is 13.3. The van der Waals surface area contributed by atoms with Crippen LogP contribution < -0.4 is 0 Å². The third-order valence-electron chi connectivity index (χ3n) is 2.51. The van der Waals surface area contributed by atoms with E-state index in [-0.39, 0.29) is 16.3 Å². The molecule has 0 radical (unpaired) electrons. The Kier molecular flexibility index (Phi) is 3.43. The molecule has 0 spiro atoms. The molecule has 2 rings (SSSR count). The summed E-state index contributed by atoms with van der Waals surface area (Å²) in [5.41, 5.74) is -0.296. The summed E-state index contributed by atoms with van der Waals surface area (Å²) < 4.78 is 28.0. The molecule has 0 fully saturated rings. The Bertz CT molecular complexity index is 610. The molecule has 0 atom stereocenters. The first-order valence-electron chi connectivity index (χ1n) is 5.26. The molecule has 0 aliphatic heterocycles. The molecule has 0 amide bonds. The van der Waals surface area contributed by atoms with Gasteiger partial charge in [-0.05, 0) is 19.1 Å². The van der Waals surface area contributed by atoms with Crippen molar-refractivity contribution in [2.45, 2.75) is 13.5 Å². The fraction of sp³-hybridized carbons (Fsp3) is 0.167. The molecule has 1 aromatic heterocycles. The minimum atomic E-state index is -1.18. The second-order valence-electron chi connectivity index (χ2n) is 3.59. The summed E-state index contributed by atoms with van der Waals surface area (Å²) in [4.78, 5) is 12.1. The van der Waals surface area contributed by atoms with E-state index in [0.717, 1.165) is 6.07 Å². The summed E-state index contributed by atoms with van der Waals surface area (Å²) in [6, 6.07) is 3.43. The summed E-state index contributed by atoms with van der Waals surface area (Å²) in [5.74, 6) is -2.93. The third kappa shape index (κ3) is 2.01. The van der Waals surface area contributed by atoms with Crippen LogP contribution in [0.25, 0.3) is 0 Å². The highest BCUT2D eigenvalue weighted by molar-refractivity contribution is 6.34. The summed E-state index contributed by atoms with van der Waals surface area (Å²) in [7, 11) is 0. The Morgan fingerprint density at radius 1 is 1.44 bits per heavy atom. The normalized spacial score (nSPS) is 10.7. The Morgan fingerprint density at radius 3 is 2.83 bits per heavy atom. The van der Waals surface area contributed by atoms with Crippen LogP contribution >= 0.6 is 11.6 Å². The van der Waals surface area contributed by atoms with Crippen molar-refractivity contribution >= 4 is 17.4 Å². The van der Waals surface area contributed by atoms with Crippen molar-refractivity contribution in [1.29, 1.82) is 0 Å². The fourth-order valence-corrected chi connectivity index (χ4v) is 1.86. The number of hydrogen-bond donors (Lipinski definition) is 0. The molecule has 0 N–H and O–H groups in total. The molecule has 18 heavy (non-hydrogen) atoms. The van der Waals surface area contributed by atoms with Crippen LogP contribution in [0, 0.1) is 11.6 Å². The number of aryl methyl sites for hydroxylation is 1. The first-order chi connectivity index (χ1) is 8.56. The highest BCUT2D eigenvalue weighted by Crippen LogP contribution is 2.21. The SMILES string of the molecule is CCn1ncc(Cl)c1C(=O)c1cccc(F)c1F. The largest absolute Gasteiger partial charge is 0.287 e. The number of nitrogens with zero attached hydrogens (tertiary/aromatic N) is 2. The molecule has 0 bridgehead atoms. The number of aromatic nitrogens is 2. The number of halogens is 3. The van der Waals surface area contributed by atoms with Gasteiger partial charge in [-0.25, -0.2) is 8.78 Å². The Labute approximate surface area is 107 Å². The average Bonchev–Trinajstić information content (AvgIpc) is 2.73. The third-order valence-corrected chi connectivity index (χ3v) is 2.78. The maximum atomic E-state index is 13.5. The van der Waals surface area contributed by atoms with E-state index < -0.39 is 17.4 Å². The van der Waals surface area contributed by atoms with Crippen molar-refractivity contribution in [3.05, 3.63) is 52.3 Å². The second-order valence-corrected chi connectivity index (χ2v) is 3.99. The average molecular weight is 271 g/mol. The van der Waals surface area contributed by atoms with Gasteiger partial charge >= 0.3 is 0 Å². The van der Waals surface area contributed by atoms with Gasteiger partial charge in [-0.2, -0.15) is 5.10 Å². The van der Waals surface area contributed by atoms with E-state index in [1.165, 1.54) is 23.0 Å². The van der Waals surface area contributed by atoms with E-state index in [1.807, 2.05) is 0 Å². The maximum absolute atomic E-state index is 13.5. The van der Waals surface area contributed by atoms with E-state index in [2.05, 4.69) is 5.10 Å².